The molecule has 0 aliphatic carbocycles. The Morgan fingerprint density at radius 3 is 2.53 bits per heavy atom. The predicted octanol–water partition coefficient (Wildman–Crippen LogP) is 2.90. The van der Waals surface area contributed by atoms with Gasteiger partial charge in [-0.2, -0.15) is 0 Å². The minimum Gasteiger partial charge on any atom is -0.487 e. The zero-order valence-corrected chi connectivity index (χ0v) is 10.9. The molecule has 0 unspecified atom stereocenters. The molecule has 0 atom stereocenters. The van der Waals surface area contributed by atoms with E-state index < -0.39 is 0 Å². The first-order valence-corrected chi connectivity index (χ1v) is 5.23. The van der Waals surface area contributed by atoms with E-state index in [1.165, 1.54) is 6.08 Å². The Labute approximate surface area is 108 Å². The first-order valence-electron chi connectivity index (χ1n) is 4.15. The van der Waals surface area contributed by atoms with E-state index in [4.69, 9.17) is 10.5 Å². The molecule has 0 saturated heterocycles. The van der Waals surface area contributed by atoms with Crippen LogP contribution in [0.3, 0.4) is 0 Å². The first kappa shape index (κ1) is 14.7. The molecule has 0 aliphatic rings. The van der Waals surface area contributed by atoms with Crippen molar-refractivity contribution >= 4 is 35.0 Å². The SMILES string of the molecule is Cl.NC/C=C(\F)COc1ccc(I)cc1. The lowest BCUT2D eigenvalue weighted by Crippen LogP contribution is -2.01. The molecule has 0 amide bonds. The second-order valence-electron chi connectivity index (χ2n) is 2.63. The molecule has 84 valence electrons. The van der Waals surface area contributed by atoms with E-state index >= 15 is 0 Å². The van der Waals surface area contributed by atoms with Crippen LogP contribution in [0, 0.1) is 3.57 Å². The highest BCUT2D eigenvalue weighted by molar-refractivity contribution is 14.1. The zero-order chi connectivity index (χ0) is 10.4. The van der Waals surface area contributed by atoms with Gasteiger partial charge in [-0.15, -0.1) is 12.4 Å². The van der Waals surface area contributed by atoms with Gasteiger partial charge in [-0.05, 0) is 52.9 Å². The summed E-state index contributed by atoms with van der Waals surface area (Å²) in [7, 11) is 0. The first-order chi connectivity index (χ1) is 6.72. The Morgan fingerprint density at radius 1 is 1.40 bits per heavy atom. The smallest absolute Gasteiger partial charge is 0.139 e. The molecule has 5 heteroatoms. The third kappa shape index (κ3) is 5.96. The maximum absolute atomic E-state index is 12.8. The van der Waals surface area contributed by atoms with Gasteiger partial charge < -0.3 is 10.5 Å². The summed E-state index contributed by atoms with van der Waals surface area (Å²) in [4.78, 5) is 0. The van der Waals surface area contributed by atoms with Crippen molar-refractivity contribution in [2.24, 2.45) is 5.73 Å². The number of benzene rings is 1. The van der Waals surface area contributed by atoms with Gasteiger partial charge in [0.05, 0.1) is 0 Å². The third-order valence-electron chi connectivity index (χ3n) is 1.53. The number of halogens is 3. The molecule has 0 saturated carbocycles. The quantitative estimate of drug-likeness (QED) is 0.853. The minimum atomic E-state index is -0.342. The van der Waals surface area contributed by atoms with E-state index in [0.717, 1.165) is 3.57 Å². The fourth-order valence-electron chi connectivity index (χ4n) is 0.870. The van der Waals surface area contributed by atoms with Gasteiger partial charge in [0.15, 0.2) is 0 Å². The highest BCUT2D eigenvalue weighted by Crippen LogP contribution is 2.14. The molecular weight excluding hydrogens is 331 g/mol. The number of rotatable bonds is 4. The second-order valence-corrected chi connectivity index (χ2v) is 3.87. The van der Waals surface area contributed by atoms with Crippen LogP contribution in [0.15, 0.2) is 36.2 Å². The van der Waals surface area contributed by atoms with Gasteiger partial charge in [0.1, 0.15) is 18.2 Å². The largest absolute Gasteiger partial charge is 0.487 e. The molecule has 1 rings (SSSR count). The Kier molecular flexibility index (Phi) is 7.72. The molecule has 0 aliphatic heterocycles. The van der Waals surface area contributed by atoms with Crippen molar-refractivity contribution in [1.29, 1.82) is 0 Å². The van der Waals surface area contributed by atoms with Gasteiger partial charge >= 0.3 is 0 Å². The van der Waals surface area contributed by atoms with Gasteiger partial charge in [0.2, 0.25) is 0 Å². The van der Waals surface area contributed by atoms with Gasteiger partial charge in [0, 0.05) is 10.1 Å². The van der Waals surface area contributed by atoms with E-state index in [1.54, 1.807) is 12.1 Å². The third-order valence-corrected chi connectivity index (χ3v) is 2.25. The van der Waals surface area contributed by atoms with Crippen LogP contribution in [-0.2, 0) is 0 Å². The van der Waals surface area contributed by atoms with Gasteiger partial charge in [-0.1, -0.05) is 0 Å². The average molecular weight is 344 g/mol. The molecule has 0 fully saturated rings. The molecule has 15 heavy (non-hydrogen) atoms. The molecule has 2 nitrogen and oxygen atoms in total. The summed E-state index contributed by atoms with van der Waals surface area (Å²) in [6, 6.07) is 7.41. The second kappa shape index (κ2) is 7.90. The summed E-state index contributed by atoms with van der Waals surface area (Å²) < 4.78 is 19.1. The summed E-state index contributed by atoms with van der Waals surface area (Å²) in [5, 5.41) is 0. The van der Waals surface area contributed by atoms with Crippen LogP contribution in [-0.4, -0.2) is 13.2 Å². The highest BCUT2D eigenvalue weighted by Gasteiger charge is 1.96. The summed E-state index contributed by atoms with van der Waals surface area (Å²) >= 11 is 2.19. The normalized spacial score (nSPS) is 10.7. The molecule has 1 aromatic rings. The van der Waals surface area contributed by atoms with Crippen molar-refractivity contribution in [3.05, 3.63) is 39.7 Å². The topological polar surface area (TPSA) is 35.2 Å². The van der Waals surface area contributed by atoms with Crippen LogP contribution in [0.25, 0.3) is 0 Å². The Bertz CT molecular complexity index is 316. The molecule has 2 N–H and O–H groups in total. The fourth-order valence-corrected chi connectivity index (χ4v) is 1.23. The van der Waals surface area contributed by atoms with Crippen molar-refractivity contribution < 1.29 is 9.13 Å². The maximum Gasteiger partial charge on any atom is 0.139 e. The fraction of sp³-hybridized carbons (Fsp3) is 0.200. The zero-order valence-electron chi connectivity index (χ0n) is 7.95. The van der Waals surface area contributed by atoms with Crippen LogP contribution in [0.5, 0.6) is 5.75 Å². The number of hydrogen-bond acceptors (Lipinski definition) is 2. The monoisotopic (exact) mass is 343 g/mol. The summed E-state index contributed by atoms with van der Waals surface area (Å²) in [6.07, 6.45) is 1.30. The van der Waals surface area contributed by atoms with Crippen LogP contribution in [0.4, 0.5) is 4.39 Å². The van der Waals surface area contributed by atoms with Crippen LogP contribution in [0.2, 0.25) is 0 Å². The van der Waals surface area contributed by atoms with Crippen molar-refractivity contribution in [3.63, 3.8) is 0 Å². The summed E-state index contributed by atoms with van der Waals surface area (Å²) in [5.41, 5.74) is 5.15. The molecule has 0 heterocycles. The summed E-state index contributed by atoms with van der Waals surface area (Å²) in [5.74, 6) is 0.317. The number of hydrogen-bond donors (Lipinski definition) is 1. The molecule has 0 aromatic heterocycles. The van der Waals surface area contributed by atoms with Crippen molar-refractivity contribution in [1.82, 2.24) is 0 Å². The predicted molar refractivity (Wildman–Crippen MR) is 70.1 cm³/mol. The standard InChI is InChI=1S/C10H11FINO.ClH/c11-8(5-6-13)7-14-10-3-1-9(12)2-4-10;/h1-5H,6-7,13H2;1H/b8-5-;. The van der Waals surface area contributed by atoms with E-state index in [1.807, 2.05) is 12.1 Å². The number of ether oxygens (including phenoxy) is 1. The van der Waals surface area contributed by atoms with E-state index in [0.29, 0.717) is 5.75 Å². The molecular formula is C10H12ClFINO. The molecule has 0 bridgehead atoms. The average Bonchev–Trinajstić information content (AvgIpc) is 2.17. The van der Waals surface area contributed by atoms with Gasteiger partial charge in [-0.25, -0.2) is 4.39 Å². The molecule has 1 aromatic carbocycles. The lowest BCUT2D eigenvalue weighted by Gasteiger charge is -2.03. The van der Waals surface area contributed by atoms with Gasteiger partial charge in [0.25, 0.3) is 0 Å². The van der Waals surface area contributed by atoms with Crippen LogP contribution < -0.4 is 10.5 Å². The van der Waals surface area contributed by atoms with Crippen molar-refractivity contribution in [2.75, 3.05) is 13.2 Å². The van der Waals surface area contributed by atoms with E-state index in [2.05, 4.69) is 22.6 Å². The minimum absolute atomic E-state index is 0. The maximum atomic E-state index is 12.8. The van der Waals surface area contributed by atoms with E-state index in [-0.39, 0.29) is 31.4 Å². The van der Waals surface area contributed by atoms with E-state index in [9.17, 15) is 4.39 Å². The molecule has 0 spiro atoms. The Balaban J connectivity index is 0.00000196. The lowest BCUT2D eigenvalue weighted by molar-refractivity contribution is 0.318. The van der Waals surface area contributed by atoms with Crippen LogP contribution >= 0.6 is 35.0 Å². The number of nitrogens with two attached hydrogens (primary N) is 1. The van der Waals surface area contributed by atoms with Crippen molar-refractivity contribution in [3.8, 4) is 5.75 Å². The van der Waals surface area contributed by atoms with Crippen molar-refractivity contribution in [2.45, 2.75) is 0 Å². The van der Waals surface area contributed by atoms with Gasteiger partial charge in [-0.3, -0.25) is 0 Å². The summed E-state index contributed by atoms with van der Waals surface area (Å²) in [6.45, 7) is 0.139. The Hall–Kier alpha value is -0.330. The van der Waals surface area contributed by atoms with Crippen LogP contribution in [0.1, 0.15) is 0 Å². The lowest BCUT2D eigenvalue weighted by atomic mass is 10.3. The Morgan fingerprint density at radius 2 is 2.00 bits per heavy atom. The highest BCUT2D eigenvalue weighted by atomic mass is 127. The molecule has 0 radical (unpaired) electrons.